The predicted molar refractivity (Wildman–Crippen MR) is 76.2 cm³/mol. The molecule has 4 heteroatoms. The summed E-state index contributed by atoms with van der Waals surface area (Å²) in [5, 5.41) is 4.07. The summed E-state index contributed by atoms with van der Waals surface area (Å²) >= 11 is 0. The molecule has 0 spiro atoms. The second-order valence-corrected chi connectivity index (χ2v) is 4.84. The van der Waals surface area contributed by atoms with Crippen LogP contribution in [0.1, 0.15) is 38.7 Å². The zero-order chi connectivity index (χ0) is 13.8. The van der Waals surface area contributed by atoms with Crippen LogP contribution in [-0.2, 0) is 0 Å². The van der Waals surface area contributed by atoms with Gasteiger partial charge < -0.3 is 15.0 Å². The minimum atomic E-state index is 0.265. The number of hydrogen-bond donors (Lipinski definition) is 1. The van der Waals surface area contributed by atoms with E-state index in [-0.39, 0.29) is 5.92 Å². The Morgan fingerprint density at radius 2 is 2.16 bits per heavy atom. The number of rotatable bonds is 5. The number of anilines is 1. The minimum absolute atomic E-state index is 0.265. The Morgan fingerprint density at radius 3 is 2.84 bits per heavy atom. The Bertz CT molecular complexity index is 547. The third kappa shape index (κ3) is 2.89. The van der Waals surface area contributed by atoms with E-state index in [1.807, 2.05) is 24.3 Å². The van der Waals surface area contributed by atoms with Crippen LogP contribution >= 0.6 is 0 Å². The highest BCUT2D eigenvalue weighted by molar-refractivity contribution is 5.69. The molecule has 0 bridgehead atoms. The second-order valence-electron chi connectivity index (χ2n) is 4.84. The van der Waals surface area contributed by atoms with Crippen LogP contribution in [0.3, 0.4) is 0 Å². The van der Waals surface area contributed by atoms with Crippen LogP contribution in [0.2, 0.25) is 0 Å². The van der Waals surface area contributed by atoms with Crippen molar-refractivity contribution in [2.45, 2.75) is 33.1 Å². The molecule has 4 nitrogen and oxygen atoms in total. The van der Waals surface area contributed by atoms with Crippen molar-refractivity contribution in [2.24, 2.45) is 0 Å². The SMILES string of the molecule is CCCOc1cccc(-c2noc(N)c2C(C)C)c1. The van der Waals surface area contributed by atoms with E-state index in [1.54, 1.807) is 0 Å². The van der Waals surface area contributed by atoms with Gasteiger partial charge in [0, 0.05) is 11.1 Å². The van der Waals surface area contributed by atoms with Crippen molar-refractivity contribution in [3.8, 4) is 17.0 Å². The Kier molecular flexibility index (Phi) is 4.10. The average Bonchev–Trinajstić information content (AvgIpc) is 2.79. The van der Waals surface area contributed by atoms with Gasteiger partial charge in [-0.3, -0.25) is 0 Å². The first-order valence-electron chi connectivity index (χ1n) is 6.61. The molecule has 2 rings (SSSR count). The Labute approximate surface area is 113 Å². The van der Waals surface area contributed by atoms with Gasteiger partial charge in [0.15, 0.2) is 0 Å². The summed E-state index contributed by atoms with van der Waals surface area (Å²) < 4.78 is 10.8. The lowest BCUT2D eigenvalue weighted by Crippen LogP contribution is -1.96. The second kappa shape index (κ2) is 5.78. The molecule has 1 aromatic heterocycles. The van der Waals surface area contributed by atoms with Gasteiger partial charge in [0.05, 0.1) is 6.61 Å². The van der Waals surface area contributed by atoms with Crippen molar-refractivity contribution in [2.75, 3.05) is 12.3 Å². The van der Waals surface area contributed by atoms with Gasteiger partial charge in [0.25, 0.3) is 0 Å². The third-order valence-corrected chi connectivity index (χ3v) is 2.91. The molecule has 0 aliphatic rings. The molecule has 2 N–H and O–H groups in total. The fraction of sp³-hybridized carbons (Fsp3) is 0.400. The van der Waals surface area contributed by atoms with Gasteiger partial charge in [-0.15, -0.1) is 0 Å². The molecular weight excluding hydrogens is 240 g/mol. The number of nitrogens with two attached hydrogens (primary N) is 1. The molecule has 102 valence electrons. The standard InChI is InChI=1S/C15H20N2O2/c1-4-8-18-12-7-5-6-11(9-12)14-13(10(2)3)15(16)19-17-14/h5-7,9-10H,4,8,16H2,1-3H3. The first-order valence-corrected chi connectivity index (χ1v) is 6.61. The van der Waals surface area contributed by atoms with E-state index in [0.717, 1.165) is 29.0 Å². The summed E-state index contributed by atoms with van der Waals surface area (Å²) in [4.78, 5) is 0. The molecule has 19 heavy (non-hydrogen) atoms. The van der Waals surface area contributed by atoms with Crippen molar-refractivity contribution in [3.05, 3.63) is 29.8 Å². The van der Waals surface area contributed by atoms with Crippen LogP contribution in [-0.4, -0.2) is 11.8 Å². The molecule has 0 atom stereocenters. The molecule has 1 aromatic carbocycles. The van der Waals surface area contributed by atoms with Crippen LogP contribution < -0.4 is 10.5 Å². The lowest BCUT2D eigenvalue weighted by molar-refractivity contribution is 0.317. The molecule has 0 fully saturated rings. The van der Waals surface area contributed by atoms with Gasteiger partial charge >= 0.3 is 0 Å². The summed E-state index contributed by atoms with van der Waals surface area (Å²) in [6.07, 6.45) is 0.985. The Hall–Kier alpha value is -1.97. The summed E-state index contributed by atoms with van der Waals surface area (Å²) in [5.74, 6) is 1.50. The lowest BCUT2D eigenvalue weighted by atomic mass is 9.99. The van der Waals surface area contributed by atoms with Crippen molar-refractivity contribution >= 4 is 5.88 Å². The maximum absolute atomic E-state index is 5.84. The smallest absolute Gasteiger partial charge is 0.226 e. The van der Waals surface area contributed by atoms with E-state index >= 15 is 0 Å². The summed E-state index contributed by atoms with van der Waals surface area (Å²) in [5.41, 5.74) is 8.56. The summed E-state index contributed by atoms with van der Waals surface area (Å²) in [7, 11) is 0. The molecule has 0 saturated carbocycles. The highest BCUT2D eigenvalue weighted by Crippen LogP contribution is 2.34. The van der Waals surface area contributed by atoms with Gasteiger partial charge in [-0.05, 0) is 24.5 Å². The number of ether oxygens (including phenoxy) is 1. The minimum Gasteiger partial charge on any atom is -0.494 e. The monoisotopic (exact) mass is 260 g/mol. The zero-order valence-corrected chi connectivity index (χ0v) is 11.6. The van der Waals surface area contributed by atoms with Crippen LogP contribution in [0.5, 0.6) is 5.75 Å². The zero-order valence-electron chi connectivity index (χ0n) is 11.6. The van der Waals surface area contributed by atoms with Gasteiger partial charge in [-0.1, -0.05) is 38.1 Å². The molecular formula is C15H20N2O2. The van der Waals surface area contributed by atoms with E-state index < -0.39 is 0 Å². The van der Waals surface area contributed by atoms with E-state index in [9.17, 15) is 0 Å². The fourth-order valence-electron chi connectivity index (χ4n) is 2.03. The van der Waals surface area contributed by atoms with Gasteiger partial charge in [-0.2, -0.15) is 0 Å². The van der Waals surface area contributed by atoms with Crippen molar-refractivity contribution in [1.82, 2.24) is 5.16 Å². The molecule has 1 heterocycles. The number of hydrogen-bond acceptors (Lipinski definition) is 4. The first kappa shape index (κ1) is 13.5. The fourth-order valence-corrected chi connectivity index (χ4v) is 2.03. The van der Waals surface area contributed by atoms with Crippen LogP contribution in [0.15, 0.2) is 28.8 Å². The average molecular weight is 260 g/mol. The first-order chi connectivity index (χ1) is 9.13. The molecule has 0 radical (unpaired) electrons. The Balaban J connectivity index is 2.36. The van der Waals surface area contributed by atoms with Crippen molar-refractivity contribution in [3.63, 3.8) is 0 Å². The van der Waals surface area contributed by atoms with Gasteiger partial charge in [-0.25, -0.2) is 0 Å². The number of aromatic nitrogens is 1. The van der Waals surface area contributed by atoms with Gasteiger partial charge in [0.1, 0.15) is 11.4 Å². The molecule has 0 amide bonds. The largest absolute Gasteiger partial charge is 0.494 e. The predicted octanol–water partition coefficient (Wildman–Crippen LogP) is 3.84. The quantitative estimate of drug-likeness (QED) is 0.887. The van der Waals surface area contributed by atoms with Crippen LogP contribution in [0.25, 0.3) is 11.3 Å². The normalized spacial score (nSPS) is 10.9. The number of nitrogen functional groups attached to an aromatic ring is 1. The number of benzene rings is 1. The van der Waals surface area contributed by atoms with Crippen molar-refractivity contribution in [1.29, 1.82) is 0 Å². The number of nitrogens with zero attached hydrogens (tertiary/aromatic N) is 1. The lowest BCUT2D eigenvalue weighted by Gasteiger charge is -2.08. The molecule has 0 unspecified atom stereocenters. The van der Waals surface area contributed by atoms with E-state index in [1.165, 1.54) is 0 Å². The molecule has 0 aliphatic carbocycles. The van der Waals surface area contributed by atoms with Crippen LogP contribution in [0.4, 0.5) is 5.88 Å². The summed E-state index contributed by atoms with van der Waals surface area (Å²) in [6, 6.07) is 7.85. The maximum Gasteiger partial charge on any atom is 0.226 e. The third-order valence-electron chi connectivity index (χ3n) is 2.91. The van der Waals surface area contributed by atoms with Crippen molar-refractivity contribution < 1.29 is 9.26 Å². The highest BCUT2D eigenvalue weighted by Gasteiger charge is 2.18. The van der Waals surface area contributed by atoms with E-state index in [4.69, 9.17) is 15.0 Å². The Morgan fingerprint density at radius 1 is 1.37 bits per heavy atom. The molecule has 2 aromatic rings. The highest BCUT2D eigenvalue weighted by atomic mass is 16.5. The molecule has 0 saturated heterocycles. The van der Waals surface area contributed by atoms with E-state index in [2.05, 4.69) is 25.9 Å². The van der Waals surface area contributed by atoms with E-state index in [0.29, 0.717) is 12.5 Å². The van der Waals surface area contributed by atoms with Gasteiger partial charge in [0.2, 0.25) is 5.88 Å². The topological polar surface area (TPSA) is 61.3 Å². The van der Waals surface area contributed by atoms with Crippen LogP contribution in [0, 0.1) is 0 Å². The molecule has 0 aliphatic heterocycles. The maximum atomic E-state index is 5.84. The summed E-state index contributed by atoms with van der Waals surface area (Å²) in [6.45, 7) is 6.94.